The number of methoxy groups -OCH3 is 1. The first-order valence-electron chi connectivity index (χ1n) is 4.15. The van der Waals surface area contributed by atoms with Gasteiger partial charge in [0.1, 0.15) is 11.6 Å². The zero-order chi connectivity index (χ0) is 13.2. The van der Waals surface area contributed by atoms with Crippen LogP contribution in [0.4, 0.5) is 22.0 Å². The minimum absolute atomic E-state index is 0.421. The molecule has 1 rings (SSSR count). The smallest absolute Gasteiger partial charge is 0.433 e. The quantitative estimate of drug-likeness (QED) is 0.760. The topological polar surface area (TPSA) is 45.9 Å². The molecule has 17 heavy (non-hydrogen) atoms. The molecule has 3 nitrogen and oxygen atoms in total. The maximum Gasteiger partial charge on any atom is 0.433 e. The fourth-order valence-corrected chi connectivity index (χ4v) is 1.22. The molecule has 0 fully saturated rings. The number of pyridine rings is 1. The molecule has 1 aromatic heterocycles. The third-order valence-electron chi connectivity index (χ3n) is 1.90. The van der Waals surface area contributed by atoms with Crippen LogP contribution in [0.2, 0.25) is 0 Å². The third-order valence-corrected chi connectivity index (χ3v) is 1.90. The second-order valence-electron chi connectivity index (χ2n) is 2.87. The van der Waals surface area contributed by atoms with Crippen molar-refractivity contribution in [1.29, 1.82) is 5.26 Å². The average molecular weight is 252 g/mol. The van der Waals surface area contributed by atoms with Crippen molar-refractivity contribution in [3.05, 3.63) is 23.0 Å². The van der Waals surface area contributed by atoms with Crippen LogP contribution in [0, 0.1) is 11.3 Å². The highest BCUT2D eigenvalue weighted by Gasteiger charge is 2.40. The largest absolute Gasteiger partial charge is 0.494 e. The number of rotatable bonds is 2. The average Bonchev–Trinajstić information content (AvgIpc) is 2.25. The second-order valence-corrected chi connectivity index (χ2v) is 2.87. The molecule has 8 heteroatoms. The maximum atomic E-state index is 12.6. The van der Waals surface area contributed by atoms with Crippen molar-refractivity contribution in [3.8, 4) is 11.8 Å². The Bertz CT molecular complexity index is 464. The Labute approximate surface area is 92.4 Å². The van der Waals surface area contributed by atoms with E-state index >= 15 is 0 Å². The molecule has 1 aromatic rings. The summed E-state index contributed by atoms with van der Waals surface area (Å²) in [6.07, 6.45) is -7.93. The van der Waals surface area contributed by atoms with E-state index in [9.17, 15) is 22.0 Å². The number of nitriles is 1. The summed E-state index contributed by atoms with van der Waals surface area (Å²) in [5.74, 6) is -0.421. The van der Waals surface area contributed by atoms with Crippen LogP contribution >= 0.6 is 0 Å². The van der Waals surface area contributed by atoms with Crippen LogP contribution < -0.4 is 4.74 Å². The van der Waals surface area contributed by atoms with Crippen LogP contribution in [0.3, 0.4) is 0 Å². The van der Waals surface area contributed by atoms with Gasteiger partial charge in [0.15, 0.2) is 11.4 Å². The lowest BCUT2D eigenvalue weighted by molar-refractivity contribution is -0.143. The van der Waals surface area contributed by atoms with Crippen molar-refractivity contribution in [2.45, 2.75) is 12.6 Å². The lowest BCUT2D eigenvalue weighted by Crippen LogP contribution is -2.14. The van der Waals surface area contributed by atoms with E-state index < -0.39 is 35.2 Å². The first-order valence-corrected chi connectivity index (χ1v) is 4.15. The zero-order valence-corrected chi connectivity index (χ0v) is 8.35. The lowest BCUT2D eigenvalue weighted by Gasteiger charge is -2.14. The fraction of sp³-hybridized carbons (Fsp3) is 0.333. The van der Waals surface area contributed by atoms with Crippen LogP contribution in [0.5, 0.6) is 5.75 Å². The molecule has 0 aromatic carbocycles. The van der Waals surface area contributed by atoms with Gasteiger partial charge in [0.2, 0.25) is 0 Å². The Morgan fingerprint density at radius 2 is 2.00 bits per heavy atom. The molecule has 1 heterocycles. The number of alkyl halides is 5. The minimum atomic E-state index is -5.05. The van der Waals surface area contributed by atoms with Gasteiger partial charge in [-0.3, -0.25) is 0 Å². The number of halogens is 5. The van der Waals surface area contributed by atoms with E-state index in [1.54, 1.807) is 0 Å². The van der Waals surface area contributed by atoms with Gasteiger partial charge in [-0.25, -0.2) is 13.8 Å². The Morgan fingerprint density at radius 1 is 1.41 bits per heavy atom. The Kier molecular flexibility index (Phi) is 3.50. The standard InChI is InChI=1S/C9H5F5N2O/c1-17-5-3-16-7(9(12,13)14)6(8(10)11)4(5)2-15/h3,8H,1H3. The Morgan fingerprint density at radius 3 is 2.35 bits per heavy atom. The minimum Gasteiger partial charge on any atom is -0.494 e. The van der Waals surface area contributed by atoms with Gasteiger partial charge >= 0.3 is 6.18 Å². The molecule has 0 spiro atoms. The third kappa shape index (κ3) is 2.43. The van der Waals surface area contributed by atoms with E-state index in [0.717, 1.165) is 7.11 Å². The van der Waals surface area contributed by atoms with E-state index in [0.29, 0.717) is 6.20 Å². The molecule has 0 atom stereocenters. The summed E-state index contributed by atoms with van der Waals surface area (Å²) in [5, 5.41) is 8.61. The molecule has 92 valence electrons. The van der Waals surface area contributed by atoms with Gasteiger partial charge in [-0.1, -0.05) is 0 Å². The molecular formula is C9H5F5N2O. The highest BCUT2D eigenvalue weighted by atomic mass is 19.4. The summed E-state index contributed by atoms with van der Waals surface area (Å²) in [7, 11) is 1.04. The second kappa shape index (κ2) is 4.53. The molecule has 0 aliphatic rings. The van der Waals surface area contributed by atoms with Crippen molar-refractivity contribution in [2.75, 3.05) is 7.11 Å². The van der Waals surface area contributed by atoms with Gasteiger partial charge in [-0.15, -0.1) is 0 Å². The predicted molar refractivity (Wildman–Crippen MR) is 45.5 cm³/mol. The van der Waals surface area contributed by atoms with Crippen molar-refractivity contribution in [2.24, 2.45) is 0 Å². The monoisotopic (exact) mass is 252 g/mol. The molecule has 0 saturated carbocycles. The van der Waals surface area contributed by atoms with Gasteiger partial charge in [0.25, 0.3) is 6.43 Å². The van der Waals surface area contributed by atoms with E-state index in [-0.39, 0.29) is 0 Å². The van der Waals surface area contributed by atoms with Gasteiger partial charge < -0.3 is 4.74 Å². The predicted octanol–water partition coefficient (Wildman–Crippen LogP) is 2.92. The lowest BCUT2D eigenvalue weighted by atomic mass is 10.1. The van der Waals surface area contributed by atoms with E-state index in [1.165, 1.54) is 6.07 Å². The van der Waals surface area contributed by atoms with Gasteiger partial charge in [-0.05, 0) is 0 Å². The van der Waals surface area contributed by atoms with Crippen LogP contribution in [-0.2, 0) is 6.18 Å². The van der Waals surface area contributed by atoms with Crippen LogP contribution in [0.15, 0.2) is 6.20 Å². The van der Waals surface area contributed by atoms with E-state index in [1.807, 2.05) is 0 Å². The van der Waals surface area contributed by atoms with Crippen molar-refractivity contribution in [3.63, 3.8) is 0 Å². The Hall–Kier alpha value is -1.91. The summed E-state index contributed by atoms with van der Waals surface area (Å²) in [5.41, 5.74) is -4.09. The SMILES string of the molecule is COc1cnc(C(F)(F)F)c(C(F)F)c1C#N. The number of hydrogen-bond donors (Lipinski definition) is 0. The first-order chi connectivity index (χ1) is 7.82. The normalized spacial score (nSPS) is 11.4. The molecule has 0 N–H and O–H groups in total. The van der Waals surface area contributed by atoms with Crippen molar-refractivity contribution >= 4 is 0 Å². The molecule has 0 amide bonds. The van der Waals surface area contributed by atoms with Crippen LogP contribution in [-0.4, -0.2) is 12.1 Å². The molecule has 0 radical (unpaired) electrons. The summed E-state index contributed by atoms with van der Waals surface area (Å²) in [6, 6.07) is 1.26. The Balaban J connectivity index is 3.61. The van der Waals surface area contributed by atoms with E-state index in [4.69, 9.17) is 5.26 Å². The first kappa shape index (κ1) is 13.2. The summed E-state index contributed by atoms with van der Waals surface area (Å²) in [4.78, 5) is 2.87. The molecule has 0 aliphatic heterocycles. The zero-order valence-electron chi connectivity index (χ0n) is 8.35. The summed E-state index contributed by atoms with van der Waals surface area (Å²) < 4.78 is 66.9. The fourth-order valence-electron chi connectivity index (χ4n) is 1.22. The number of nitrogens with zero attached hydrogens (tertiary/aromatic N) is 2. The van der Waals surface area contributed by atoms with Gasteiger partial charge in [0.05, 0.1) is 18.9 Å². The molecule has 0 unspecified atom stereocenters. The van der Waals surface area contributed by atoms with Crippen LogP contribution in [0.1, 0.15) is 23.2 Å². The maximum absolute atomic E-state index is 12.6. The highest BCUT2D eigenvalue weighted by Crippen LogP contribution is 2.39. The molecular weight excluding hydrogens is 247 g/mol. The summed E-state index contributed by atoms with van der Waals surface area (Å²) in [6.45, 7) is 0. The van der Waals surface area contributed by atoms with Crippen molar-refractivity contribution in [1.82, 2.24) is 4.98 Å². The van der Waals surface area contributed by atoms with Crippen molar-refractivity contribution < 1.29 is 26.7 Å². The number of hydrogen-bond acceptors (Lipinski definition) is 3. The van der Waals surface area contributed by atoms with Gasteiger partial charge in [-0.2, -0.15) is 18.4 Å². The molecule has 0 saturated heterocycles. The molecule has 0 aliphatic carbocycles. The number of ether oxygens (including phenoxy) is 1. The van der Waals surface area contributed by atoms with Crippen LogP contribution in [0.25, 0.3) is 0 Å². The molecule has 0 bridgehead atoms. The highest BCUT2D eigenvalue weighted by molar-refractivity contribution is 5.50. The summed E-state index contributed by atoms with van der Waals surface area (Å²) >= 11 is 0. The number of aromatic nitrogens is 1. The van der Waals surface area contributed by atoms with E-state index in [2.05, 4.69) is 9.72 Å². The van der Waals surface area contributed by atoms with Gasteiger partial charge in [0, 0.05) is 0 Å².